The van der Waals surface area contributed by atoms with E-state index in [-0.39, 0.29) is 28.0 Å². The summed E-state index contributed by atoms with van der Waals surface area (Å²) in [7, 11) is -3.99. The van der Waals surface area contributed by atoms with Gasteiger partial charge in [-0.05, 0) is 49.2 Å². The molecule has 1 saturated heterocycles. The molecule has 2 aromatic rings. The normalized spacial score (nSPS) is 17.2. The number of alkyl halides is 2. The van der Waals surface area contributed by atoms with Crippen molar-refractivity contribution in [1.82, 2.24) is 0 Å². The number of ether oxygens (including phenoxy) is 1. The van der Waals surface area contributed by atoms with Crippen LogP contribution < -0.4 is 10.0 Å². The Bertz CT molecular complexity index is 1010. The quantitative estimate of drug-likeness (QED) is 0.737. The van der Waals surface area contributed by atoms with Crippen molar-refractivity contribution in [2.45, 2.75) is 31.1 Å². The molecule has 3 rings (SSSR count). The number of anilines is 2. The van der Waals surface area contributed by atoms with Gasteiger partial charge in [0.25, 0.3) is 15.9 Å². The highest BCUT2D eigenvalue weighted by Gasteiger charge is 2.26. The SMILES string of the molecule is Cc1cc(NC(=O)C2CCOC2)ccc1S(=O)(=O)Nc1cccc(C(C)(F)F)c1. The smallest absolute Gasteiger partial charge is 0.270 e. The van der Waals surface area contributed by atoms with Crippen molar-refractivity contribution < 1.29 is 26.7 Å². The van der Waals surface area contributed by atoms with Crippen LogP contribution in [-0.2, 0) is 25.5 Å². The number of hydrogen-bond acceptors (Lipinski definition) is 4. The summed E-state index contributed by atoms with van der Waals surface area (Å²) in [6, 6.07) is 9.52. The summed E-state index contributed by atoms with van der Waals surface area (Å²) < 4.78 is 60.0. The summed E-state index contributed by atoms with van der Waals surface area (Å²) in [4.78, 5) is 12.2. The molecular weight excluding hydrogens is 402 g/mol. The molecule has 9 heteroatoms. The molecule has 1 aliphatic heterocycles. The van der Waals surface area contributed by atoms with Crippen molar-refractivity contribution in [3.8, 4) is 0 Å². The number of benzene rings is 2. The third-order valence-corrected chi connectivity index (χ3v) is 6.20. The van der Waals surface area contributed by atoms with Gasteiger partial charge in [0.1, 0.15) is 0 Å². The van der Waals surface area contributed by atoms with Crippen molar-refractivity contribution >= 4 is 27.3 Å². The van der Waals surface area contributed by atoms with Gasteiger partial charge in [-0.15, -0.1) is 0 Å². The van der Waals surface area contributed by atoms with E-state index >= 15 is 0 Å². The number of carbonyl (C=O) groups excluding carboxylic acids is 1. The first-order valence-electron chi connectivity index (χ1n) is 9.07. The van der Waals surface area contributed by atoms with E-state index in [0.717, 1.165) is 13.0 Å². The van der Waals surface area contributed by atoms with E-state index < -0.39 is 15.9 Å². The summed E-state index contributed by atoms with van der Waals surface area (Å²) in [5.41, 5.74) is 0.645. The van der Waals surface area contributed by atoms with Gasteiger partial charge in [0, 0.05) is 30.5 Å². The average molecular weight is 424 g/mol. The Balaban J connectivity index is 1.78. The van der Waals surface area contributed by atoms with Crippen LogP contribution >= 0.6 is 0 Å². The Morgan fingerprint density at radius 2 is 1.93 bits per heavy atom. The second-order valence-electron chi connectivity index (χ2n) is 7.10. The highest BCUT2D eigenvalue weighted by atomic mass is 32.2. The standard InChI is InChI=1S/C20H22F2N2O4S/c1-13-10-16(23-19(25)14-8-9-28-12-14)6-7-18(13)29(26,27)24-17-5-3-4-15(11-17)20(2,21)22/h3-7,10-11,14,24H,8-9,12H2,1-2H3,(H,23,25). The van der Waals surface area contributed by atoms with Gasteiger partial charge in [0.15, 0.2) is 0 Å². The van der Waals surface area contributed by atoms with Gasteiger partial charge in [-0.25, -0.2) is 17.2 Å². The maximum Gasteiger partial charge on any atom is 0.270 e. The summed E-state index contributed by atoms with van der Waals surface area (Å²) in [5.74, 6) is -3.47. The number of hydrogen-bond donors (Lipinski definition) is 2. The lowest BCUT2D eigenvalue weighted by atomic mass is 10.1. The molecule has 2 N–H and O–H groups in total. The second kappa shape index (κ2) is 8.08. The van der Waals surface area contributed by atoms with Crippen LogP contribution in [-0.4, -0.2) is 27.5 Å². The third kappa shape index (κ3) is 5.10. The first kappa shape index (κ1) is 21.2. The second-order valence-corrected chi connectivity index (χ2v) is 8.76. The molecule has 156 valence electrons. The zero-order valence-electron chi connectivity index (χ0n) is 16.0. The molecule has 1 amide bonds. The lowest BCUT2D eigenvalue weighted by Gasteiger charge is -2.15. The summed E-state index contributed by atoms with van der Waals surface area (Å²) in [6.07, 6.45) is 0.650. The van der Waals surface area contributed by atoms with Gasteiger partial charge < -0.3 is 10.1 Å². The molecule has 0 spiro atoms. The predicted octanol–water partition coefficient (Wildman–Crippen LogP) is 3.88. The van der Waals surface area contributed by atoms with Gasteiger partial charge in [-0.1, -0.05) is 12.1 Å². The van der Waals surface area contributed by atoms with Crippen molar-refractivity contribution in [1.29, 1.82) is 0 Å². The van der Waals surface area contributed by atoms with Crippen molar-refractivity contribution in [2.24, 2.45) is 5.92 Å². The van der Waals surface area contributed by atoms with Crippen LogP contribution in [0.4, 0.5) is 20.2 Å². The van der Waals surface area contributed by atoms with Crippen LogP contribution in [0.25, 0.3) is 0 Å². The molecule has 1 fully saturated rings. The summed E-state index contributed by atoms with van der Waals surface area (Å²) in [5, 5.41) is 2.76. The Labute approximate surface area is 168 Å². The minimum atomic E-state index is -3.99. The number of nitrogens with one attached hydrogen (secondary N) is 2. The number of halogens is 2. The molecule has 6 nitrogen and oxygen atoms in total. The van der Waals surface area contributed by atoms with Gasteiger partial charge in [-0.3, -0.25) is 9.52 Å². The van der Waals surface area contributed by atoms with E-state index in [2.05, 4.69) is 10.0 Å². The fraction of sp³-hybridized carbons (Fsp3) is 0.350. The number of amides is 1. The van der Waals surface area contributed by atoms with E-state index in [4.69, 9.17) is 4.74 Å². The van der Waals surface area contributed by atoms with Crippen molar-refractivity contribution in [2.75, 3.05) is 23.3 Å². The van der Waals surface area contributed by atoms with Crippen LogP contribution in [0.15, 0.2) is 47.4 Å². The first-order valence-corrected chi connectivity index (χ1v) is 10.5. The number of carbonyl (C=O) groups is 1. The van der Waals surface area contributed by atoms with Crippen LogP contribution in [0.3, 0.4) is 0 Å². The van der Waals surface area contributed by atoms with Gasteiger partial charge >= 0.3 is 0 Å². The van der Waals surface area contributed by atoms with E-state index in [9.17, 15) is 22.0 Å². The van der Waals surface area contributed by atoms with Crippen LogP contribution in [0, 0.1) is 12.8 Å². The first-order chi connectivity index (χ1) is 13.6. The molecule has 0 radical (unpaired) electrons. The molecule has 0 bridgehead atoms. The molecule has 1 aliphatic rings. The van der Waals surface area contributed by atoms with Crippen LogP contribution in [0.2, 0.25) is 0 Å². The topological polar surface area (TPSA) is 84.5 Å². The van der Waals surface area contributed by atoms with Crippen LogP contribution in [0.5, 0.6) is 0 Å². The third-order valence-electron chi connectivity index (χ3n) is 4.65. The molecule has 1 heterocycles. The lowest BCUT2D eigenvalue weighted by molar-refractivity contribution is -0.119. The maximum atomic E-state index is 13.5. The Morgan fingerprint density at radius 3 is 2.55 bits per heavy atom. The minimum absolute atomic E-state index is 0.00615. The van der Waals surface area contributed by atoms with E-state index in [1.165, 1.54) is 30.3 Å². The van der Waals surface area contributed by atoms with E-state index in [1.54, 1.807) is 13.0 Å². The Morgan fingerprint density at radius 1 is 1.17 bits per heavy atom. The maximum absolute atomic E-state index is 13.5. The predicted molar refractivity (Wildman–Crippen MR) is 106 cm³/mol. The number of aryl methyl sites for hydroxylation is 1. The van der Waals surface area contributed by atoms with Gasteiger partial charge in [0.2, 0.25) is 5.91 Å². The zero-order valence-corrected chi connectivity index (χ0v) is 16.9. The highest BCUT2D eigenvalue weighted by molar-refractivity contribution is 7.92. The fourth-order valence-electron chi connectivity index (χ4n) is 3.08. The monoisotopic (exact) mass is 424 g/mol. The molecule has 29 heavy (non-hydrogen) atoms. The minimum Gasteiger partial charge on any atom is -0.381 e. The molecular formula is C20H22F2N2O4S. The zero-order chi connectivity index (χ0) is 21.2. The molecule has 1 atom stereocenters. The number of rotatable bonds is 6. The number of sulfonamides is 1. The van der Waals surface area contributed by atoms with Gasteiger partial charge in [0.05, 0.1) is 17.4 Å². The van der Waals surface area contributed by atoms with E-state index in [0.29, 0.717) is 30.9 Å². The Hall–Kier alpha value is -2.52. The molecule has 2 aromatic carbocycles. The molecule has 0 aromatic heterocycles. The lowest BCUT2D eigenvalue weighted by Crippen LogP contribution is -2.23. The Kier molecular flexibility index (Phi) is 5.90. The summed E-state index contributed by atoms with van der Waals surface area (Å²) in [6.45, 7) is 3.26. The van der Waals surface area contributed by atoms with Crippen LogP contribution in [0.1, 0.15) is 24.5 Å². The summed E-state index contributed by atoms with van der Waals surface area (Å²) >= 11 is 0. The van der Waals surface area contributed by atoms with E-state index in [1.807, 2.05) is 0 Å². The molecule has 0 aliphatic carbocycles. The molecule has 1 unspecified atom stereocenters. The average Bonchev–Trinajstić information content (AvgIpc) is 3.15. The largest absolute Gasteiger partial charge is 0.381 e. The highest BCUT2D eigenvalue weighted by Crippen LogP contribution is 2.30. The molecule has 0 saturated carbocycles. The van der Waals surface area contributed by atoms with Gasteiger partial charge in [-0.2, -0.15) is 0 Å². The van der Waals surface area contributed by atoms with Crippen molar-refractivity contribution in [3.63, 3.8) is 0 Å². The van der Waals surface area contributed by atoms with Crippen molar-refractivity contribution in [3.05, 3.63) is 53.6 Å². The fourth-order valence-corrected chi connectivity index (χ4v) is 4.36.